The van der Waals surface area contributed by atoms with Gasteiger partial charge in [0.1, 0.15) is 11.7 Å². The third kappa shape index (κ3) is 5.42. The second-order valence-corrected chi connectivity index (χ2v) is 6.76. The third-order valence-corrected chi connectivity index (χ3v) is 4.56. The number of pyridine rings is 1. The maximum atomic E-state index is 12.8. The van der Waals surface area contributed by atoms with Crippen LogP contribution in [0.15, 0.2) is 53.7 Å². The quantitative estimate of drug-likeness (QED) is 0.732. The molecule has 23 heavy (non-hydrogen) atoms. The zero-order valence-electron chi connectivity index (χ0n) is 12.2. The van der Waals surface area contributed by atoms with Crippen LogP contribution in [-0.2, 0) is 21.2 Å². The number of carbonyl (C=O) groups is 1. The molecule has 0 aliphatic rings. The van der Waals surface area contributed by atoms with E-state index in [-0.39, 0.29) is 17.3 Å². The Balaban J connectivity index is 1.77. The number of rotatable bonds is 7. The summed E-state index contributed by atoms with van der Waals surface area (Å²) in [6.45, 7) is 0.208. The first-order valence-electron chi connectivity index (χ1n) is 6.82. The smallest absolute Gasteiger partial charge is 0.234 e. The number of amides is 1. The van der Waals surface area contributed by atoms with Gasteiger partial charge in [-0.25, -0.2) is 12.8 Å². The molecule has 0 saturated carbocycles. The van der Waals surface area contributed by atoms with Gasteiger partial charge in [0.25, 0.3) is 0 Å². The van der Waals surface area contributed by atoms with Crippen LogP contribution in [0.2, 0.25) is 0 Å². The van der Waals surface area contributed by atoms with E-state index in [4.69, 9.17) is 0 Å². The van der Waals surface area contributed by atoms with E-state index >= 15 is 0 Å². The Hall–Kier alpha value is -2.32. The molecule has 0 bridgehead atoms. The van der Waals surface area contributed by atoms with E-state index in [0.717, 1.165) is 17.7 Å². The zero-order chi connectivity index (χ0) is 16.7. The Labute approximate surface area is 133 Å². The highest BCUT2D eigenvalue weighted by Gasteiger charge is 2.14. The minimum Gasteiger partial charge on any atom is -0.351 e. The standard InChI is InChI=1S/C15H16FN3O3S/c16-13-1-3-14(4-2-13)23(21,22)11-18-10-15(20)19-9-12-5-7-17-8-6-12/h1-8,18H,9-11H2,(H,19,20). The summed E-state index contributed by atoms with van der Waals surface area (Å²) in [4.78, 5) is 15.5. The molecule has 0 fully saturated rings. The summed E-state index contributed by atoms with van der Waals surface area (Å²) < 4.78 is 36.8. The molecule has 2 aromatic rings. The van der Waals surface area contributed by atoms with Gasteiger partial charge in [-0.05, 0) is 42.0 Å². The number of carbonyl (C=O) groups excluding carboxylic acids is 1. The molecule has 1 amide bonds. The van der Waals surface area contributed by atoms with Crippen molar-refractivity contribution in [3.05, 3.63) is 60.2 Å². The predicted octanol–water partition coefficient (Wildman–Crippen LogP) is 0.858. The van der Waals surface area contributed by atoms with E-state index in [9.17, 15) is 17.6 Å². The number of hydrogen-bond donors (Lipinski definition) is 2. The van der Waals surface area contributed by atoms with Gasteiger partial charge in [0.15, 0.2) is 9.84 Å². The van der Waals surface area contributed by atoms with Crippen molar-refractivity contribution in [2.24, 2.45) is 0 Å². The number of benzene rings is 1. The molecule has 1 heterocycles. The van der Waals surface area contributed by atoms with Crippen LogP contribution < -0.4 is 10.6 Å². The summed E-state index contributed by atoms with van der Waals surface area (Å²) in [6, 6.07) is 8.08. The second-order valence-electron chi connectivity index (χ2n) is 4.77. The lowest BCUT2D eigenvalue weighted by atomic mass is 10.3. The molecule has 122 valence electrons. The predicted molar refractivity (Wildman–Crippen MR) is 82.5 cm³/mol. The molecule has 1 aromatic heterocycles. The van der Waals surface area contributed by atoms with Crippen LogP contribution in [0, 0.1) is 5.82 Å². The molecular formula is C15H16FN3O3S. The van der Waals surface area contributed by atoms with Crippen molar-refractivity contribution < 1.29 is 17.6 Å². The number of nitrogens with one attached hydrogen (secondary N) is 2. The largest absolute Gasteiger partial charge is 0.351 e. The fourth-order valence-electron chi connectivity index (χ4n) is 1.79. The average molecular weight is 337 g/mol. The molecule has 0 atom stereocenters. The Morgan fingerprint density at radius 3 is 2.39 bits per heavy atom. The fraction of sp³-hybridized carbons (Fsp3) is 0.200. The summed E-state index contributed by atoms with van der Waals surface area (Å²) in [5.74, 6) is -1.23. The molecule has 8 heteroatoms. The van der Waals surface area contributed by atoms with Crippen molar-refractivity contribution in [3.63, 3.8) is 0 Å². The van der Waals surface area contributed by atoms with Gasteiger partial charge >= 0.3 is 0 Å². The van der Waals surface area contributed by atoms with Gasteiger partial charge in [-0.3, -0.25) is 15.1 Å². The van der Waals surface area contributed by atoms with Crippen LogP contribution in [0.5, 0.6) is 0 Å². The zero-order valence-corrected chi connectivity index (χ0v) is 13.0. The molecule has 0 radical (unpaired) electrons. The van der Waals surface area contributed by atoms with E-state index < -0.39 is 21.5 Å². The molecule has 0 aliphatic carbocycles. The summed E-state index contributed by atoms with van der Waals surface area (Å²) in [7, 11) is -3.61. The minimum atomic E-state index is -3.61. The molecule has 1 aromatic carbocycles. The monoisotopic (exact) mass is 337 g/mol. The van der Waals surface area contributed by atoms with Crippen LogP contribution in [0.25, 0.3) is 0 Å². The van der Waals surface area contributed by atoms with E-state index in [1.54, 1.807) is 24.5 Å². The molecule has 0 aliphatic heterocycles. The van der Waals surface area contributed by atoms with Gasteiger partial charge in [0.05, 0.1) is 11.4 Å². The topological polar surface area (TPSA) is 88.2 Å². The lowest BCUT2D eigenvalue weighted by Crippen LogP contribution is -2.35. The number of hydrogen-bond acceptors (Lipinski definition) is 5. The minimum absolute atomic E-state index is 0.00333. The van der Waals surface area contributed by atoms with Gasteiger partial charge in [-0.15, -0.1) is 0 Å². The van der Waals surface area contributed by atoms with E-state index in [0.29, 0.717) is 6.54 Å². The number of aromatic nitrogens is 1. The van der Waals surface area contributed by atoms with Crippen LogP contribution >= 0.6 is 0 Å². The number of nitrogens with zero attached hydrogens (tertiary/aromatic N) is 1. The first kappa shape index (κ1) is 17.0. The van der Waals surface area contributed by atoms with Crippen molar-refractivity contribution in [1.29, 1.82) is 0 Å². The lowest BCUT2D eigenvalue weighted by molar-refractivity contribution is -0.120. The molecular weight excluding hydrogens is 321 g/mol. The fourth-order valence-corrected chi connectivity index (χ4v) is 2.88. The first-order chi connectivity index (χ1) is 11.0. The van der Waals surface area contributed by atoms with Crippen molar-refractivity contribution in [2.75, 3.05) is 12.4 Å². The summed E-state index contributed by atoms with van der Waals surface area (Å²) >= 11 is 0. The molecule has 0 unspecified atom stereocenters. The van der Waals surface area contributed by atoms with E-state index in [1.165, 1.54) is 12.1 Å². The van der Waals surface area contributed by atoms with Crippen LogP contribution in [0.1, 0.15) is 5.56 Å². The summed E-state index contributed by atoms with van der Waals surface area (Å²) in [6.07, 6.45) is 3.24. The van der Waals surface area contributed by atoms with Crippen molar-refractivity contribution in [2.45, 2.75) is 11.4 Å². The van der Waals surface area contributed by atoms with E-state index in [2.05, 4.69) is 15.6 Å². The van der Waals surface area contributed by atoms with Crippen LogP contribution in [-0.4, -0.2) is 31.7 Å². The molecule has 2 N–H and O–H groups in total. The highest BCUT2D eigenvalue weighted by molar-refractivity contribution is 7.91. The van der Waals surface area contributed by atoms with Crippen molar-refractivity contribution >= 4 is 15.7 Å². The maximum absolute atomic E-state index is 12.8. The highest BCUT2D eigenvalue weighted by Crippen LogP contribution is 2.10. The Bertz CT molecular complexity index is 749. The van der Waals surface area contributed by atoms with Crippen molar-refractivity contribution in [1.82, 2.24) is 15.6 Å². The number of halogens is 1. The lowest BCUT2D eigenvalue weighted by Gasteiger charge is -2.08. The van der Waals surface area contributed by atoms with Gasteiger partial charge < -0.3 is 5.32 Å². The normalized spacial score (nSPS) is 11.2. The van der Waals surface area contributed by atoms with Gasteiger partial charge in [-0.2, -0.15) is 0 Å². The van der Waals surface area contributed by atoms with Crippen molar-refractivity contribution in [3.8, 4) is 0 Å². The Morgan fingerprint density at radius 1 is 1.09 bits per heavy atom. The van der Waals surface area contributed by atoms with Crippen LogP contribution in [0.3, 0.4) is 0 Å². The summed E-state index contributed by atoms with van der Waals surface area (Å²) in [5, 5.41) is 5.23. The van der Waals surface area contributed by atoms with Gasteiger partial charge in [-0.1, -0.05) is 0 Å². The first-order valence-corrected chi connectivity index (χ1v) is 8.47. The van der Waals surface area contributed by atoms with E-state index in [1.807, 2.05) is 0 Å². The van der Waals surface area contributed by atoms with Gasteiger partial charge in [0.2, 0.25) is 5.91 Å². The van der Waals surface area contributed by atoms with Gasteiger partial charge in [0, 0.05) is 18.9 Å². The molecule has 2 rings (SSSR count). The Kier molecular flexibility index (Phi) is 5.78. The summed E-state index contributed by atoms with van der Waals surface area (Å²) in [5.41, 5.74) is 0.896. The second kappa shape index (κ2) is 7.80. The third-order valence-electron chi connectivity index (χ3n) is 2.99. The average Bonchev–Trinajstić information content (AvgIpc) is 2.54. The number of sulfone groups is 1. The van der Waals surface area contributed by atoms with Crippen LogP contribution in [0.4, 0.5) is 4.39 Å². The molecule has 0 spiro atoms. The molecule has 6 nitrogen and oxygen atoms in total. The molecule has 0 saturated heterocycles. The maximum Gasteiger partial charge on any atom is 0.234 e. The Morgan fingerprint density at radius 2 is 1.74 bits per heavy atom. The SMILES string of the molecule is O=C(CNCS(=O)(=O)c1ccc(F)cc1)NCc1ccncc1. The highest BCUT2D eigenvalue weighted by atomic mass is 32.2.